The van der Waals surface area contributed by atoms with Crippen molar-refractivity contribution in [2.24, 2.45) is 0 Å². The Morgan fingerprint density at radius 1 is 1.10 bits per heavy atom. The van der Waals surface area contributed by atoms with Crippen LogP contribution in [-0.4, -0.2) is 36.1 Å². The number of amides is 2. The Hall–Kier alpha value is -3.39. The van der Waals surface area contributed by atoms with Gasteiger partial charge in [0.25, 0.3) is 5.56 Å². The van der Waals surface area contributed by atoms with Crippen LogP contribution in [0.2, 0.25) is 0 Å². The van der Waals surface area contributed by atoms with Gasteiger partial charge in [-0.1, -0.05) is 30.3 Å². The highest BCUT2D eigenvalue weighted by Crippen LogP contribution is 2.23. The molecule has 0 spiro atoms. The van der Waals surface area contributed by atoms with Gasteiger partial charge in [0, 0.05) is 12.5 Å². The van der Waals surface area contributed by atoms with E-state index in [0.717, 1.165) is 0 Å². The van der Waals surface area contributed by atoms with Crippen LogP contribution in [0.15, 0.2) is 53.3 Å². The topological polar surface area (TPSA) is 94.5 Å². The van der Waals surface area contributed by atoms with Gasteiger partial charge in [0.2, 0.25) is 0 Å². The molecule has 0 atom stereocenters. The Morgan fingerprint density at radius 2 is 1.83 bits per heavy atom. The summed E-state index contributed by atoms with van der Waals surface area (Å²) in [6.07, 6.45) is 0. The molecule has 3 rings (SSSR count). The van der Waals surface area contributed by atoms with Crippen LogP contribution in [0.3, 0.4) is 0 Å². The number of aromatic nitrogens is 2. The lowest BCUT2D eigenvalue weighted by Gasteiger charge is -2.13. The molecule has 0 bridgehead atoms. The van der Waals surface area contributed by atoms with Gasteiger partial charge in [0.05, 0.1) is 43.1 Å². The number of carbonyl (C=O) groups excluding carboxylic acids is 1. The first kappa shape index (κ1) is 20.3. The number of anilines is 1. The van der Waals surface area contributed by atoms with Gasteiger partial charge in [-0.25, -0.2) is 9.48 Å². The Kier molecular flexibility index (Phi) is 6.80. The molecule has 2 amide bonds. The normalized spacial score (nSPS) is 10.7. The van der Waals surface area contributed by atoms with Crippen LogP contribution in [0.25, 0.3) is 10.8 Å². The number of hydrogen-bond donors (Lipinski definition) is 2. The van der Waals surface area contributed by atoms with Crippen LogP contribution in [0.1, 0.15) is 12.6 Å². The number of rotatable bonds is 8. The van der Waals surface area contributed by atoms with E-state index in [1.165, 1.54) is 4.68 Å². The van der Waals surface area contributed by atoms with Gasteiger partial charge in [-0.2, -0.15) is 5.10 Å². The third-order valence-corrected chi connectivity index (χ3v) is 4.30. The summed E-state index contributed by atoms with van der Waals surface area (Å²) in [4.78, 5) is 25.0. The average Bonchev–Trinajstić information content (AvgIpc) is 2.74. The van der Waals surface area contributed by atoms with E-state index in [0.29, 0.717) is 47.7 Å². The zero-order chi connectivity index (χ0) is 20.6. The van der Waals surface area contributed by atoms with E-state index >= 15 is 0 Å². The largest absolute Gasteiger partial charge is 0.492 e. The zero-order valence-electron chi connectivity index (χ0n) is 16.5. The highest BCUT2D eigenvalue weighted by atomic mass is 16.5. The molecule has 1 heterocycles. The number of methoxy groups -OCH3 is 1. The van der Waals surface area contributed by atoms with Crippen LogP contribution in [0, 0.1) is 0 Å². The maximum absolute atomic E-state index is 12.6. The third-order valence-electron chi connectivity index (χ3n) is 4.30. The number of benzene rings is 2. The van der Waals surface area contributed by atoms with E-state index in [9.17, 15) is 9.59 Å². The Bertz CT molecular complexity index is 1050. The van der Waals surface area contributed by atoms with Crippen LogP contribution in [-0.2, 0) is 17.8 Å². The quantitative estimate of drug-likeness (QED) is 0.611. The minimum absolute atomic E-state index is 0.163. The summed E-state index contributed by atoms with van der Waals surface area (Å²) in [5, 5.41) is 11.3. The van der Waals surface area contributed by atoms with Crippen molar-refractivity contribution in [3.63, 3.8) is 0 Å². The van der Waals surface area contributed by atoms with E-state index in [1.807, 2.05) is 31.2 Å². The third kappa shape index (κ3) is 4.91. The Morgan fingerprint density at radius 3 is 2.59 bits per heavy atom. The summed E-state index contributed by atoms with van der Waals surface area (Å²) < 4.78 is 11.9. The van der Waals surface area contributed by atoms with Crippen molar-refractivity contribution in [3.8, 4) is 5.75 Å². The van der Waals surface area contributed by atoms with Gasteiger partial charge in [-0.15, -0.1) is 0 Å². The first-order valence-electron chi connectivity index (χ1n) is 9.38. The number of hydrogen-bond acceptors (Lipinski definition) is 5. The minimum Gasteiger partial charge on any atom is -0.492 e. The molecule has 0 aliphatic carbocycles. The van der Waals surface area contributed by atoms with E-state index in [-0.39, 0.29) is 12.1 Å². The Labute approximate surface area is 168 Å². The van der Waals surface area contributed by atoms with E-state index in [4.69, 9.17) is 9.47 Å². The van der Waals surface area contributed by atoms with E-state index in [2.05, 4.69) is 15.7 Å². The molecule has 2 aromatic carbocycles. The monoisotopic (exact) mass is 396 g/mol. The number of para-hydroxylation sites is 2. The first-order valence-corrected chi connectivity index (χ1v) is 9.38. The molecule has 0 radical (unpaired) electrons. The standard InChI is InChI=1S/C21H24N4O4/c1-3-29-19-11-7-6-10-17(19)23-21(27)22-14-18-15-8-4-5-9-16(15)20(26)25(24-18)12-13-28-2/h4-11H,3,12-14H2,1-2H3,(H2,22,23,27). The van der Waals surface area contributed by atoms with Crippen LogP contribution >= 0.6 is 0 Å². The first-order chi connectivity index (χ1) is 14.1. The number of fused-ring (bicyclic) bond motifs is 1. The molecule has 8 nitrogen and oxygen atoms in total. The number of carbonyl (C=O) groups is 1. The van der Waals surface area contributed by atoms with Crippen molar-refractivity contribution < 1.29 is 14.3 Å². The molecule has 1 aromatic heterocycles. The summed E-state index contributed by atoms with van der Waals surface area (Å²) in [5.74, 6) is 0.599. The fourth-order valence-electron chi connectivity index (χ4n) is 2.95. The van der Waals surface area contributed by atoms with Gasteiger partial charge in [-0.3, -0.25) is 4.79 Å². The van der Waals surface area contributed by atoms with Crippen molar-refractivity contribution in [2.75, 3.05) is 25.6 Å². The average molecular weight is 396 g/mol. The van der Waals surface area contributed by atoms with Crippen LogP contribution in [0.5, 0.6) is 5.75 Å². The molecule has 152 valence electrons. The van der Waals surface area contributed by atoms with E-state index < -0.39 is 6.03 Å². The van der Waals surface area contributed by atoms with E-state index in [1.54, 1.807) is 31.4 Å². The van der Waals surface area contributed by atoms with Crippen LogP contribution < -0.4 is 20.9 Å². The SMILES string of the molecule is CCOc1ccccc1NC(=O)NCc1nn(CCOC)c(=O)c2ccccc12. The number of ether oxygens (including phenoxy) is 2. The lowest BCUT2D eigenvalue weighted by molar-refractivity contribution is 0.181. The molecule has 0 aliphatic heterocycles. The van der Waals surface area contributed by atoms with Gasteiger partial charge in [0.15, 0.2) is 0 Å². The summed E-state index contributed by atoms with van der Waals surface area (Å²) in [7, 11) is 1.57. The zero-order valence-corrected chi connectivity index (χ0v) is 16.5. The molecule has 0 fully saturated rings. The molecule has 0 saturated heterocycles. The van der Waals surface area contributed by atoms with Gasteiger partial charge < -0.3 is 20.1 Å². The molecule has 8 heteroatoms. The maximum atomic E-state index is 12.6. The molecule has 3 aromatic rings. The second-order valence-corrected chi connectivity index (χ2v) is 6.25. The molecule has 29 heavy (non-hydrogen) atoms. The van der Waals surface area contributed by atoms with Crippen molar-refractivity contribution in [2.45, 2.75) is 20.0 Å². The minimum atomic E-state index is -0.391. The predicted molar refractivity (Wildman–Crippen MR) is 111 cm³/mol. The molecule has 0 saturated carbocycles. The molecular weight excluding hydrogens is 372 g/mol. The summed E-state index contributed by atoms with van der Waals surface area (Å²) in [6, 6.07) is 14.0. The van der Waals surface area contributed by atoms with Gasteiger partial charge in [0.1, 0.15) is 5.75 Å². The fraction of sp³-hybridized carbons (Fsp3) is 0.286. The summed E-state index contributed by atoms with van der Waals surface area (Å²) in [5.41, 5.74) is 0.996. The lowest BCUT2D eigenvalue weighted by Crippen LogP contribution is -2.31. The second-order valence-electron chi connectivity index (χ2n) is 6.25. The van der Waals surface area contributed by atoms with Gasteiger partial charge >= 0.3 is 6.03 Å². The molecule has 2 N–H and O–H groups in total. The molecular formula is C21H24N4O4. The maximum Gasteiger partial charge on any atom is 0.319 e. The smallest absolute Gasteiger partial charge is 0.319 e. The highest BCUT2D eigenvalue weighted by Gasteiger charge is 2.12. The van der Waals surface area contributed by atoms with Crippen molar-refractivity contribution in [3.05, 3.63) is 64.6 Å². The molecule has 0 unspecified atom stereocenters. The highest BCUT2D eigenvalue weighted by molar-refractivity contribution is 5.91. The van der Waals surface area contributed by atoms with Crippen LogP contribution in [0.4, 0.5) is 10.5 Å². The van der Waals surface area contributed by atoms with Crippen molar-refractivity contribution in [1.82, 2.24) is 15.1 Å². The predicted octanol–water partition coefficient (Wildman–Crippen LogP) is 2.76. The lowest BCUT2D eigenvalue weighted by atomic mass is 10.1. The second kappa shape index (κ2) is 9.70. The number of nitrogens with one attached hydrogen (secondary N) is 2. The molecule has 0 aliphatic rings. The van der Waals surface area contributed by atoms with Crippen molar-refractivity contribution in [1.29, 1.82) is 0 Å². The van der Waals surface area contributed by atoms with Crippen molar-refractivity contribution >= 4 is 22.5 Å². The Balaban J connectivity index is 1.79. The number of urea groups is 1. The number of nitrogens with zero attached hydrogens (tertiary/aromatic N) is 2. The summed E-state index contributed by atoms with van der Waals surface area (Å²) >= 11 is 0. The van der Waals surface area contributed by atoms with Gasteiger partial charge in [-0.05, 0) is 25.1 Å². The fourth-order valence-corrected chi connectivity index (χ4v) is 2.95. The summed E-state index contributed by atoms with van der Waals surface area (Å²) in [6.45, 7) is 3.25.